The molecule has 2 aliphatic heterocycles. The Morgan fingerprint density at radius 2 is 1.38 bits per heavy atom. The smallest absolute Gasteiger partial charge is 0.194 e. The van der Waals surface area contributed by atoms with Crippen LogP contribution in [0.15, 0.2) is 30.3 Å². The van der Waals surface area contributed by atoms with Gasteiger partial charge in [-0.1, -0.05) is 12.1 Å². The molecule has 0 amide bonds. The molecule has 2 saturated heterocycles. The van der Waals surface area contributed by atoms with Gasteiger partial charge in [0.15, 0.2) is 5.78 Å². The van der Waals surface area contributed by atoms with Gasteiger partial charge in [0, 0.05) is 41.4 Å². The number of methoxy groups -OCH3 is 1. The number of benzene rings is 2. The number of likely N-dealkylation sites (tertiary alicyclic amines) is 2. The molecule has 6 nitrogen and oxygen atoms in total. The molecule has 34 heavy (non-hydrogen) atoms. The Morgan fingerprint density at radius 3 is 2.03 bits per heavy atom. The summed E-state index contributed by atoms with van der Waals surface area (Å²) in [5.74, 6) is 2.11. The van der Waals surface area contributed by atoms with E-state index in [4.69, 9.17) is 14.2 Å². The molecule has 5 rings (SSSR count). The Labute approximate surface area is 202 Å². The van der Waals surface area contributed by atoms with Crippen LogP contribution >= 0.6 is 0 Å². The van der Waals surface area contributed by atoms with E-state index in [1.807, 2.05) is 30.3 Å². The van der Waals surface area contributed by atoms with E-state index in [-0.39, 0.29) is 5.78 Å². The minimum absolute atomic E-state index is 0.00772. The van der Waals surface area contributed by atoms with Gasteiger partial charge >= 0.3 is 0 Å². The van der Waals surface area contributed by atoms with Crippen LogP contribution in [0.5, 0.6) is 17.2 Å². The minimum Gasteiger partial charge on any atom is -0.496 e. The minimum atomic E-state index is 0.00772. The van der Waals surface area contributed by atoms with Gasteiger partial charge in [0.05, 0.1) is 20.3 Å². The molecular formula is C28H36N2O4. The number of carbonyl (C=O) groups is 1. The highest BCUT2D eigenvalue weighted by molar-refractivity contribution is 6.23. The summed E-state index contributed by atoms with van der Waals surface area (Å²) < 4.78 is 18.0. The van der Waals surface area contributed by atoms with E-state index in [1.165, 1.54) is 51.9 Å². The monoisotopic (exact) mass is 464 g/mol. The van der Waals surface area contributed by atoms with Crippen molar-refractivity contribution in [1.82, 2.24) is 9.80 Å². The van der Waals surface area contributed by atoms with Gasteiger partial charge in [0.2, 0.25) is 0 Å². The van der Waals surface area contributed by atoms with Gasteiger partial charge in [-0.2, -0.15) is 0 Å². The van der Waals surface area contributed by atoms with E-state index in [9.17, 15) is 4.79 Å². The highest BCUT2D eigenvalue weighted by Crippen LogP contribution is 2.48. The molecule has 2 heterocycles. The van der Waals surface area contributed by atoms with Crippen LogP contribution in [0.25, 0.3) is 11.1 Å². The molecule has 0 bridgehead atoms. The Bertz CT molecular complexity index is 1010. The number of hydrogen-bond acceptors (Lipinski definition) is 6. The van der Waals surface area contributed by atoms with E-state index in [0.29, 0.717) is 35.8 Å². The number of carbonyl (C=O) groups excluding carboxylic acids is 1. The molecule has 0 radical (unpaired) electrons. The summed E-state index contributed by atoms with van der Waals surface area (Å²) in [5, 5.41) is 0. The molecule has 6 heteroatoms. The number of nitrogens with zero attached hydrogens (tertiary/aromatic N) is 2. The van der Waals surface area contributed by atoms with Crippen molar-refractivity contribution in [1.29, 1.82) is 0 Å². The molecule has 2 fully saturated rings. The zero-order valence-corrected chi connectivity index (χ0v) is 20.3. The first kappa shape index (κ1) is 23.2. The third kappa shape index (κ3) is 4.93. The van der Waals surface area contributed by atoms with Crippen molar-refractivity contribution in [2.45, 2.75) is 38.5 Å². The average molecular weight is 465 g/mol. The Morgan fingerprint density at radius 1 is 0.765 bits per heavy atom. The van der Waals surface area contributed by atoms with Gasteiger partial charge in [0.1, 0.15) is 17.2 Å². The van der Waals surface area contributed by atoms with Crippen molar-refractivity contribution >= 4 is 5.78 Å². The van der Waals surface area contributed by atoms with Crippen LogP contribution in [0, 0.1) is 0 Å². The van der Waals surface area contributed by atoms with Crippen LogP contribution in [-0.4, -0.2) is 75.2 Å². The van der Waals surface area contributed by atoms with Gasteiger partial charge in [-0.05, 0) is 76.8 Å². The van der Waals surface area contributed by atoms with Crippen molar-refractivity contribution in [2.24, 2.45) is 0 Å². The molecule has 182 valence electrons. The van der Waals surface area contributed by atoms with Crippen LogP contribution in [0.3, 0.4) is 0 Å². The van der Waals surface area contributed by atoms with Crippen LogP contribution in [0.1, 0.15) is 54.4 Å². The first-order valence-electron chi connectivity index (χ1n) is 12.8. The standard InChI is InChI=1S/C28H36N2O4/c1-32-25-20-21(33-17-7-15-29-11-2-3-12-29)19-23-27(25)26-22(28(23)31)9-6-10-24(26)34-18-8-16-30-13-4-5-14-30/h6,9-10,19-20H,2-5,7-8,11-18H2,1H3. The summed E-state index contributed by atoms with van der Waals surface area (Å²) in [4.78, 5) is 18.3. The lowest BCUT2D eigenvalue weighted by Crippen LogP contribution is -2.22. The molecule has 0 saturated carbocycles. The second kappa shape index (κ2) is 10.8. The first-order chi connectivity index (χ1) is 16.7. The van der Waals surface area contributed by atoms with Crippen LogP contribution in [-0.2, 0) is 0 Å². The molecule has 3 aliphatic rings. The van der Waals surface area contributed by atoms with Crippen molar-refractivity contribution in [3.05, 3.63) is 41.5 Å². The van der Waals surface area contributed by atoms with Crippen LogP contribution < -0.4 is 14.2 Å². The Kier molecular flexibility index (Phi) is 7.36. The van der Waals surface area contributed by atoms with Gasteiger partial charge in [0.25, 0.3) is 0 Å². The van der Waals surface area contributed by atoms with E-state index in [1.54, 1.807) is 7.11 Å². The number of rotatable bonds is 11. The second-order valence-corrected chi connectivity index (χ2v) is 9.56. The molecule has 2 aromatic carbocycles. The largest absolute Gasteiger partial charge is 0.496 e. The van der Waals surface area contributed by atoms with Crippen molar-refractivity contribution in [3.8, 4) is 28.4 Å². The topological polar surface area (TPSA) is 51.2 Å². The van der Waals surface area contributed by atoms with E-state index in [2.05, 4.69) is 9.80 Å². The second-order valence-electron chi connectivity index (χ2n) is 9.56. The fourth-order valence-electron chi connectivity index (χ4n) is 5.48. The third-order valence-electron chi connectivity index (χ3n) is 7.22. The summed E-state index contributed by atoms with van der Waals surface area (Å²) >= 11 is 0. The Balaban J connectivity index is 1.28. The molecule has 0 N–H and O–H groups in total. The van der Waals surface area contributed by atoms with E-state index >= 15 is 0 Å². The first-order valence-corrected chi connectivity index (χ1v) is 12.8. The summed E-state index contributed by atoms with van der Waals surface area (Å²) in [6.07, 6.45) is 7.16. The highest BCUT2D eigenvalue weighted by Gasteiger charge is 2.33. The third-order valence-corrected chi connectivity index (χ3v) is 7.22. The van der Waals surface area contributed by atoms with E-state index < -0.39 is 0 Å². The van der Waals surface area contributed by atoms with Gasteiger partial charge in [-0.3, -0.25) is 4.79 Å². The van der Waals surface area contributed by atoms with Crippen LogP contribution in [0.4, 0.5) is 0 Å². The van der Waals surface area contributed by atoms with Gasteiger partial charge in [-0.25, -0.2) is 0 Å². The number of fused-ring (bicyclic) bond motifs is 3. The van der Waals surface area contributed by atoms with Gasteiger partial charge in [-0.15, -0.1) is 0 Å². The number of ether oxygens (including phenoxy) is 3. The lowest BCUT2D eigenvalue weighted by Gasteiger charge is -2.17. The van der Waals surface area contributed by atoms with Gasteiger partial charge < -0.3 is 24.0 Å². The lowest BCUT2D eigenvalue weighted by atomic mass is 10.0. The van der Waals surface area contributed by atoms with Crippen molar-refractivity contribution in [3.63, 3.8) is 0 Å². The zero-order valence-electron chi connectivity index (χ0n) is 20.3. The molecule has 0 spiro atoms. The van der Waals surface area contributed by atoms with Crippen molar-refractivity contribution in [2.75, 3.05) is 59.6 Å². The summed E-state index contributed by atoms with van der Waals surface area (Å²) in [6.45, 7) is 8.17. The lowest BCUT2D eigenvalue weighted by molar-refractivity contribution is 0.104. The maximum absolute atomic E-state index is 13.3. The summed E-state index contributed by atoms with van der Waals surface area (Å²) in [5.41, 5.74) is 2.98. The highest BCUT2D eigenvalue weighted by atomic mass is 16.5. The fraction of sp³-hybridized carbons (Fsp3) is 0.536. The molecule has 0 atom stereocenters. The molecule has 0 unspecified atom stereocenters. The predicted molar refractivity (Wildman–Crippen MR) is 133 cm³/mol. The number of ketones is 1. The maximum Gasteiger partial charge on any atom is 0.194 e. The molecule has 1 aliphatic carbocycles. The fourth-order valence-corrected chi connectivity index (χ4v) is 5.48. The quantitative estimate of drug-likeness (QED) is 0.386. The summed E-state index contributed by atoms with van der Waals surface area (Å²) in [6, 6.07) is 9.51. The zero-order chi connectivity index (χ0) is 23.3. The molecule has 2 aromatic rings. The SMILES string of the molecule is COc1cc(OCCCN2CCCC2)cc2c1-c1c(OCCCN3CCCC3)cccc1C2=O. The van der Waals surface area contributed by atoms with E-state index in [0.717, 1.165) is 42.8 Å². The predicted octanol–water partition coefficient (Wildman–Crippen LogP) is 4.64. The normalized spacial score (nSPS) is 17.7. The average Bonchev–Trinajstić information content (AvgIpc) is 3.62. The Hall–Kier alpha value is -2.57. The molecule has 0 aromatic heterocycles. The molecular weight excluding hydrogens is 428 g/mol. The van der Waals surface area contributed by atoms with Crippen LogP contribution in [0.2, 0.25) is 0 Å². The number of hydrogen-bond donors (Lipinski definition) is 0. The van der Waals surface area contributed by atoms with Crippen molar-refractivity contribution < 1.29 is 19.0 Å². The maximum atomic E-state index is 13.3. The summed E-state index contributed by atoms with van der Waals surface area (Å²) in [7, 11) is 1.65.